The zero-order valence-corrected chi connectivity index (χ0v) is 10.6. The van der Waals surface area contributed by atoms with E-state index in [0.717, 1.165) is 25.9 Å². The Kier molecular flexibility index (Phi) is 4.74. The maximum atomic E-state index is 11.7. The van der Waals surface area contributed by atoms with E-state index in [0.29, 0.717) is 5.92 Å². The van der Waals surface area contributed by atoms with Gasteiger partial charge in [0.25, 0.3) is 0 Å². The Morgan fingerprint density at radius 2 is 2.25 bits per heavy atom. The molecule has 2 atom stereocenters. The molecule has 0 aliphatic carbocycles. The zero-order chi connectivity index (χ0) is 12.2. The number of hydrogen-bond acceptors (Lipinski definition) is 4. The van der Waals surface area contributed by atoms with Crippen molar-refractivity contribution in [2.45, 2.75) is 51.7 Å². The average molecular weight is 228 g/mol. The zero-order valence-electron chi connectivity index (χ0n) is 10.6. The van der Waals surface area contributed by atoms with Gasteiger partial charge in [0.15, 0.2) is 0 Å². The Morgan fingerprint density at radius 1 is 1.56 bits per heavy atom. The van der Waals surface area contributed by atoms with E-state index in [1.807, 2.05) is 20.8 Å². The van der Waals surface area contributed by atoms with Gasteiger partial charge in [-0.3, -0.25) is 4.79 Å². The monoisotopic (exact) mass is 228 g/mol. The second kappa shape index (κ2) is 5.64. The van der Waals surface area contributed by atoms with E-state index in [1.165, 1.54) is 6.42 Å². The molecular weight excluding hydrogens is 204 g/mol. The quantitative estimate of drug-likeness (QED) is 0.709. The van der Waals surface area contributed by atoms with Crippen LogP contribution in [0.1, 0.15) is 40.0 Å². The first-order chi connectivity index (χ1) is 7.38. The third-order valence-electron chi connectivity index (χ3n) is 2.70. The van der Waals surface area contributed by atoms with Gasteiger partial charge in [-0.2, -0.15) is 0 Å². The average Bonchev–Trinajstić information content (AvgIpc) is 2.16. The summed E-state index contributed by atoms with van der Waals surface area (Å²) in [5, 5.41) is 3.32. The summed E-state index contributed by atoms with van der Waals surface area (Å²) in [4.78, 5) is 11.7. The fourth-order valence-electron chi connectivity index (χ4n) is 1.96. The van der Waals surface area contributed by atoms with Crippen molar-refractivity contribution in [2.75, 3.05) is 13.1 Å². The van der Waals surface area contributed by atoms with Gasteiger partial charge >= 0.3 is 5.97 Å². The van der Waals surface area contributed by atoms with Crippen molar-refractivity contribution in [1.29, 1.82) is 0 Å². The van der Waals surface area contributed by atoms with Gasteiger partial charge in [-0.25, -0.2) is 0 Å². The van der Waals surface area contributed by atoms with Crippen LogP contribution in [0.5, 0.6) is 0 Å². The smallest absolute Gasteiger partial charge is 0.323 e. The molecule has 0 spiro atoms. The molecule has 4 heteroatoms. The van der Waals surface area contributed by atoms with Gasteiger partial charge in [-0.1, -0.05) is 0 Å². The van der Waals surface area contributed by atoms with Gasteiger partial charge < -0.3 is 15.8 Å². The van der Waals surface area contributed by atoms with Crippen LogP contribution in [0.25, 0.3) is 0 Å². The van der Waals surface area contributed by atoms with Crippen LogP contribution in [0.4, 0.5) is 0 Å². The minimum atomic E-state index is -0.482. The molecule has 1 heterocycles. The highest BCUT2D eigenvalue weighted by atomic mass is 16.6. The second-order valence-electron chi connectivity index (χ2n) is 5.59. The summed E-state index contributed by atoms with van der Waals surface area (Å²) in [6.07, 6.45) is 3.05. The third kappa shape index (κ3) is 4.94. The lowest BCUT2D eigenvalue weighted by molar-refractivity contribution is -0.156. The number of ether oxygens (including phenoxy) is 1. The van der Waals surface area contributed by atoms with Gasteiger partial charge in [-0.05, 0) is 59.0 Å². The molecule has 0 aromatic rings. The summed E-state index contributed by atoms with van der Waals surface area (Å²) in [7, 11) is 0. The standard InChI is InChI=1S/C12H24N2O2/c1-12(2,3)16-11(15)10(13)7-9-5-4-6-14-8-9/h9-10,14H,4-8,13H2,1-3H3/t9-,10-/m0/s1. The predicted octanol–water partition coefficient (Wildman–Crippen LogP) is 1.05. The molecule has 0 amide bonds. The van der Waals surface area contributed by atoms with E-state index < -0.39 is 11.6 Å². The van der Waals surface area contributed by atoms with Crippen LogP contribution in [0.3, 0.4) is 0 Å². The third-order valence-corrected chi connectivity index (χ3v) is 2.70. The molecule has 16 heavy (non-hydrogen) atoms. The fraction of sp³-hybridized carbons (Fsp3) is 0.917. The van der Waals surface area contributed by atoms with E-state index in [-0.39, 0.29) is 5.97 Å². The topological polar surface area (TPSA) is 64.3 Å². The Labute approximate surface area is 97.9 Å². The first-order valence-electron chi connectivity index (χ1n) is 6.07. The molecule has 0 saturated carbocycles. The van der Waals surface area contributed by atoms with Crippen molar-refractivity contribution in [3.05, 3.63) is 0 Å². The molecule has 1 saturated heterocycles. The highest BCUT2D eigenvalue weighted by Gasteiger charge is 2.25. The number of nitrogens with one attached hydrogen (secondary N) is 1. The number of hydrogen-bond donors (Lipinski definition) is 2. The van der Waals surface area contributed by atoms with E-state index in [1.54, 1.807) is 0 Å². The van der Waals surface area contributed by atoms with Gasteiger partial charge in [0.2, 0.25) is 0 Å². The van der Waals surface area contributed by atoms with E-state index in [9.17, 15) is 4.79 Å². The summed E-state index contributed by atoms with van der Waals surface area (Å²) in [5.74, 6) is 0.231. The molecule has 4 nitrogen and oxygen atoms in total. The Morgan fingerprint density at radius 3 is 2.75 bits per heavy atom. The Bertz CT molecular complexity index is 230. The lowest BCUT2D eigenvalue weighted by Crippen LogP contribution is -2.41. The first kappa shape index (κ1) is 13.5. The molecule has 3 N–H and O–H groups in total. The molecule has 0 aromatic carbocycles. The summed E-state index contributed by atoms with van der Waals surface area (Å²) >= 11 is 0. The highest BCUT2D eigenvalue weighted by molar-refractivity contribution is 5.75. The minimum absolute atomic E-state index is 0.280. The first-order valence-corrected chi connectivity index (χ1v) is 6.07. The van der Waals surface area contributed by atoms with Crippen molar-refractivity contribution < 1.29 is 9.53 Å². The van der Waals surface area contributed by atoms with Crippen molar-refractivity contribution in [3.63, 3.8) is 0 Å². The van der Waals surface area contributed by atoms with Crippen molar-refractivity contribution >= 4 is 5.97 Å². The van der Waals surface area contributed by atoms with Gasteiger partial charge in [0, 0.05) is 0 Å². The lowest BCUT2D eigenvalue weighted by Gasteiger charge is -2.26. The van der Waals surface area contributed by atoms with Gasteiger partial charge in [0.1, 0.15) is 11.6 Å². The van der Waals surface area contributed by atoms with Crippen LogP contribution in [0, 0.1) is 5.92 Å². The minimum Gasteiger partial charge on any atom is -0.459 e. The number of rotatable bonds is 3. The van der Waals surface area contributed by atoms with Crippen LogP contribution >= 0.6 is 0 Å². The van der Waals surface area contributed by atoms with Crippen LogP contribution < -0.4 is 11.1 Å². The molecule has 0 bridgehead atoms. The molecule has 0 aromatic heterocycles. The molecule has 0 unspecified atom stereocenters. The summed E-state index contributed by atoms with van der Waals surface area (Å²) in [6, 6.07) is -0.482. The number of esters is 1. The van der Waals surface area contributed by atoms with E-state index in [4.69, 9.17) is 10.5 Å². The Hall–Kier alpha value is -0.610. The summed E-state index contributed by atoms with van der Waals surface area (Å²) < 4.78 is 5.26. The number of nitrogens with two attached hydrogens (primary N) is 1. The van der Waals surface area contributed by atoms with Crippen LogP contribution in [-0.4, -0.2) is 30.7 Å². The SMILES string of the molecule is CC(C)(C)OC(=O)[C@@H](N)C[C@@H]1CCCNC1. The van der Waals surface area contributed by atoms with Crippen molar-refractivity contribution in [2.24, 2.45) is 11.7 Å². The fourth-order valence-corrected chi connectivity index (χ4v) is 1.96. The second-order valence-corrected chi connectivity index (χ2v) is 5.59. The van der Waals surface area contributed by atoms with Crippen LogP contribution in [0.15, 0.2) is 0 Å². The largest absolute Gasteiger partial charge is 0.459 e. The number of carbonyl (C=O) groups excluding carboxylic acids is 1. The predicted molar refractivity (Wildman–Crippen MR) is 64.0 cm³/mol. The Balaban J connectivity index is 2.33. The van der Waals surface area contributed by atoms with Gasteiger partial charge in [-0.15, -0.1) is 0 Å². The molecule has 94 valence electrons. The molecular formula is C12H24N2O2. The maximum Gasteiger partial charge on any atom is 0.323 e. The maximum absolute atomic E-state index is 11.7. The van der Waals surface area contributed by atoms with Gasteiger partial charge in [0.05, 0.1) is 0 Å². The van der Waals surface area contributed by atoms with Crippen LogP contribution in [-0.2, 0) is 9.53 Å². The van der Waals surface area contributed by atoms with Crippen molar-refractivity contribution in [3.8, 4) is 0 Å². The summed E-state index contributed by atoms with van der Waals surface area (Å²) in [6.45, 7) is 7.63. The molecule has 0 radical (unpaired) electrons. The number of piperidine rings is 1. The van der Waals surface area contributed by atoms with E-state index >= 15 is 0 Å². The highest BCUT2D eigenvalue weighted by Crippen LogP contribution is 2.17. The summed E-state index contributed by atoms with van der Waals surface area (Å²) in [5.41, 5.74) is 5.41. The lowest BCUT2D eigenvalue weighted by atomic mass is 9.93. The number of carbonyl (C=O) groups is 1. The van der Waals surface area contributed by atoms with Crippen molar-refractivity contribution in [1.82, 2.24) is 5.32 Å². The van der Waals surface area contributed by atoms with E-state index in [2.05, 4.69) is 5.32 Å². The normalized spacial score (nSPS) is 23.9. The van der Waals surface area contributed by atoms with Crippen LogP contribution in [0.2, 0.25) is 0 Å². The molecule has 1 aliphatic heterocycles. The molecule has 1 aliphatic rings. The molecule has 1 rings (SSSR count). The molecule has 1 fully saturated rings.